The second-order valence-corrected chi connectivity index (χ2v) is 10.2. The van der Waals surface area contributed by atoms with E-state index in [2.05, 4.69) is 6.92 Å². The van der Waals surface area contributed by atoms with Crippen LogP contribution in [0.5, 0.6) is 0 Å². The molecule has 0 rings (SSSR count). The highest BCUT2D eigenvalue weighted by atomic mass is 16.3. The molecule has 0 aliphatic rings. The number of aliphatic hydroxyl groups is 1. The lowest BCUT2D eigenvalue weighted by atomic mass is 10.0. The van der Waals surface area contributed by atoms with Crippen molar-refractivity contribution in [1.82, 2.24) is 0 Å². The van der Waals surface area contributed by atoms with Crippen LogP contribution in [0.3, 0.4) is 0 Å². The van der Waals surface area contributed by atoms with Gasteiger partial charge < -0.3 is 10.8 Å². The Morgan fingerprint density at radius 3 is 0.875 bits per heavy atom. The maximum atomic E-state index is 9.28. The van der Waals surface area contributed by atoms with E-state index in [1.54, 1.807) is 0 Å². The molecule has 2 nitrogen and oxygen atoms in total. The van der Waals surface area contributed by atoms with Gasteiger partial charge in [-0.15, -0.1) is 0 Å². The monoisotopic (exact) mass is 451 g/mol. The Bertz CT molecular complexity index is 366. The predicted octanol–water partition coefficient (Wildman–Crippen LogP) is 10.9. The molecule has 0 saturated carbocycles. The minimum absolute atomic E-state index is 0.342. The fraction of sp³-hybridized carbons (Fsp3) is 0.933. The molecule has 0 spiro atoms. The molecule has 0 unspecified atom stereocenters. The first-order valence-corrected chi connectivity index (χ1v) is 14.9. The van der Waals surface area contributed by atoms with Crippen molar-refractivity contribution in [2.24, 2.45) is 5.73 Å². The van der Waals surface area contributed by atoms with Gasteiger partial charge in [-0.2, -0.15) is 0 Å². The molecule has 0 fully saturated rings. The molecule has 2 heteroatoms. The zero-order valence-corrected chi connectivity index (χ0v) is 22.2. The van der Waals surface area contributed by atoms with Gasteiger partial charge in [0.05, 0.1) is 0 Å². The molecule has 0 aliphatic heterocycles. The van der Waals surface area contributed by atoms with Crippen LogP contribution in [0.1, 0.15) is 180 Å². The summed E-state index contributed by atoms with van der Waals surface area (Å²) in [5.41, 5.74) is 5.26. The van der Waals surface area contributed by atoms with E-state index >= 15 is 0 Å². The Labute approximate surface area is 203 Å². The molecule has 32 heavy (non-hydrogen) atoms. The van der Waals surface area contributed by atoms with Crippen molar-refractivity contribution in [2.75, 3.05) is 0 Å². The fourth-order valence-electron chi connectivity index (χ4n) is 4.71. The molecule has 0 saturated heterocycles. The van der Waals surface area contributed by atoms with Crippen LogP contribution in [0.15, 0.2) is 12.0 Å². The van der Waals surface area contributed by atoms with E-state index in [9.17, 15) is 5.11 Å². The van der Waals surface area contributed by atoms with E-state index in [-0.39, 0.29) is 0 Å². The van der Waals surface area contributed by atoms with Crippen LogP contribution in [0.2, 0.25) is 0 Å². The normalized spacial score (nSPS) is 12.0. The van der Waals surface area contributed by atoms with Crippen LogP contribution in [-0.4, -0.2) is 5.11 Å². The third-order valence-electron chi connectivity index (χ3n) is 6.98. The van der Waals surface area contributed by atoms with Crippen LogP contribution in [0.25, 0.3) is 0 Å². The van der Waals surface area contributed by atoms with E-state index in [1.807, 2.05) is 0 Å². The van der Waals surface area contributed by atoms with Crippen molar-refractivity contribution >= 4 is 0 Å². The molecule has 3 N–H and O–H groups in total. The van der Waals surface area contributed by atoms with Gasteiger partial charge in [-0.3, -0.25) is 0 Å². The molecule has 192 valence electrons. The highest BCUT2D eigenvalue weighted by Crippen LogP contribution is 2.16. The molecule has 0 aliphatic carbocycles. The summed E-state index contributed by atoms with van der Waals surface area (Å²) >= 11 is 0. The Kier molecular flexibility index (Phi) is 27.8. The summed E-state index contributed by atoms with van der Waals surface area (Å²) in [6, 6.07) is 0. The number of hydrogen-bond acceptors (Lipinski definition) is 2. The maximum absolute atomic E-state index is 9.28. The van der Waals surface area contributed by atoms with Crippen LogP contribution in [0.4, 0.5) is 0 Å². The quantitative estimate of drug-likeness (QED) is 0.0963. The van der Waals surface area contributed by atoms with Gasteiger partial charge in [-0.25, -0.2) is 0 Å². The van der Waals surface area contributed by atoms with Gasteiger partial charge in [0.2, 0.25) is 0 Å². The summed E-state index contributed by atoms with van der Waals surface area (Å²) in [6.45, 7) is 2.30. The number of allylic oxidation sites excluding steroid dienone is 1. The summed E-state index contributed by atoms with van der Waals surface area (Å²) in [4.78, 5) is 0. The van der Waals surface area contributed by atoms with Crippen LogP contribution >= 0.6 is 0 Å². The van der Waals surface area contributed by atoms with Crippen LogP contribution in [0, 0.1) is 0 Å². The van der Waals surface area contributed by atoms with Crippen molar-refractivity contribution in [1.29, 1.82) is 0 Å². The zero-order chi connectivity index (χ0) is 23.4. The van der Waals surface area contributed by atoms with Crippen molar-refractivity contribution in [3.63, 3.8) is 0 Å². The first-order chi connectivity index (χ1) is 15.8. The second kappa shape index (κ2) is 28.4. The van der Waals surface area contributed by atoms with E-state index in [0.29, 0.717) is 5.76 Å². The van der Waals surface area contributed by atoms with Gasteiger partial charge >= 0.3 is 0 Å². The highest BCUT2D eigenvalue weighted by Gasteiger charge is 1.97. The first-order valence-electron chi connectivity index (χ1n) is 14.9. The lowest BCUT2D eigenvalue weighted by Crippen LogP contribution is -1.88. The Morgan fingerprint density at radius 1 is 0.438 bits per heavy atom. The number of hydrogen-bond donors (Lipinski definition) is 2. The molecule has 0 aromatic rings. The van der Waals surface area contributed by atoms with Gasteiger partial charge in [0.25, 0.3) is 0 Å². The number of aliphatic hydroxyl groups excluding tert-OH is 1. The van der Waals surface area contributed by atoms with Gasteiger partial charge in [0, 0.05) is 12.6 Å². The molecule has 0 aromatic heterocycles. The van der Waals surface area contributed by atoms with E-state index in [1.165, 1.54) is 167 Å². The summed E-state index contributed by atoms with van der Waals surface area (Å²) in [5, 5.41) is 9.28. The number of rotatable bonds is 27. The fourth-order valence-corrected chi connectivity index (χ4v) is 4.71. The SMILES string of the molecule is CCCCCCCCCCCCCCCCCCCCCCCCCCCCC(O)=CN. The third-order valence-corrected chi connectivity index (χ3v) is 6.98. The van der Waals surface area contributed by atoms with Crippen molar-refractivity contribution in [2.45, 2.75) is 180 Å². The summed E-state index contributed by atoms with van der Waals surface area (Å²) in [7, 11) is 0. The minimum atomic E-state index is 0.342. The van der Waals surface area contributed by atoms with Gasteiger partial charge in [0.15, 0.2) is 0 Å². The van der Waals surface area contributed by atoms with Crippen molar-refractivity contribution in [3.05, 3.63) is 12.0 Å². The number of nitrogens with two attached hydrogens (primary N) is 1. The third kappa shape index (κ3) is 27.4. The molecule has 0 bridgehead atoms. The maximum Gasteiger partial charge on any atom is 0.108 e. The molecule has 0 atom stereocenters. The zero-order valence-electron chi connectivity index (χ0n) is 22.2. The minimum Gasteiger partial charge on any atom is -0.511 e. The largest absolute Gasteiger partial charge is 0.511 e. The Hall–Kier alpha value is -0.660. The lowest BCUT2D eigenvalue weighted by molar-refractivity contribution is 0.378. The van der Waals surface area contributed by atoms with Gasteiger partial charge in [-0.1, -0.05) is 167 Å². The predicted molar refractivity (Wildman–Crippen MR) is 145 cm³/mol. The van der Waals surface area contributed by atoms with Gasteiger partial charge in [0.1, 0.15) is 5.76 Å². The van der Waals surface area contributed by atoms with Crippen LogP contribution in [-0.2, 0) is 0 Å². The Balaban J connectivity index is 3.02. The van der Waals surface area contributed by atoms with E-state index < -0.39 is 0 Å². The average Bonchev–Trinajstić information content (AvgIpc) is 2.81. The Morgan fingerprint density at radius 2 is 0.656 bits per heavy atom. The second-order valence-electron chi connectivity index (χ2n) is 10.2. The number of unbranched alkanes of at least 4 members (excludes halogenated alkanes) is 25. The highest BCUT2D eigenvalue weighted by molar-refractivity contribution is 4.85. The summed E-state index contributed by atoms with van der Waals surface area (Å²) in [5.74, 6) is 0.342. The van der Waals surface area contributed by atoms with Gasteiger partial charge in [-0.05, 0) is 6.42 Å². The molecular weight excluding hydrogens is 390 g/mol. The summed E-state index contributed by atoms with van der Waals surface area (Å²) < 4.78 is 0. The average molecular weight is 452 g/mol. The van der Waals surface area contributed by atoms with E-state index in [0.717, 1.165) is 12.8 Å². The lowest BCUT2D eigenvalue weighted by Gasteiger charge is -2.04. The topological polar surface area (TPSA) is 46.2 Å². The van der Waals surface area contributed by atoms with Crippen molar-refractivity contribution < 1.29 is 5.11 Å². The molecule has 0 radical (unpaired) electrons. The van der Waals surface area contributed by atoms with Crippen LogP contribution < -0.4 is 5.73 Å². The first kappa shape index (κ1) is 31.3. The standard InChI is InChI=1S/C30H61NO/c1-2-3-4-5-6-7-8-9-10-11-12-13-14-15-16-17-18-19-20-21-22-23-24-25-26-27-28-30(32)29-31/h29,32H,2-28,31H2,1H3. The smallest absolute Gasteiger partial charge is 0.108 e. The van der Waals surface area contributed by atoms with E-state index in [4.69, 9.17) is 5.73 Å². The molecule has 0 heterocycles. The van der Waals surface area contributed by atoms with Crippen molar-refractivity contribution in [3.8, 4) is 0 Å². The molecule has 0 amide bonds. The summed E-state index contributed by atoms with van der Waals surface area (Å²) in [6.07, 6.45) is 39.0. The molecular formula is C30H61NO. The molecule has 0 aromatic carbocycles.